The van der Waals surface area contributed by atoms with Crippen LogP contribution in [0.4, 0.5) is 4.79 Å². The first-order valence-electron chi connectivity index (χ1n) is 7.37. The summed E-state index contributed by atoms with van der Waals surface area (Å²) in [5.41, 5.74) is 0.928. The maximum Gasteiger partial charge on any atom is 0.413 e. The molecule has 1 amide bonds. The van der Waals surface area contributed by atoms with E-state index in [1.807, 2.05) is 36.4 Å². The van der Waals surface area contributed by atoms with Gasteiger partial charge in [-0.05, 0) is 18.4 Å². The van der Waals surface area contributed by atoms with Crippen LogP contribution in [0.5, 0.6) is 0 Å². The number of carbonyl (C=O) groups excluding carboxylic acids is 2. The first kappa shape index (κ1) is 16.1. The molecule has 1 aliphatic rings. The molecule has 0 saturated carbocycles. The molecule has 1 aromatic carbocycles. The summed E-state index contributed by atoms with van der Waals surface area (Å²) in [5.74, 6) is -0.329. The van der Waals surface area contributed by atoms with Crippen LogP contribution in [0, 0.1) is 0 Å². The second kappa shape index (κ2) is 7.64. The van der Waals surface area contributed by atoms with E-state index in [9.17, 15) is 9.59 Å². The highest BCUT2D eigenvalue weighted by Gasteiger charge is 2.29. The van der Waals surface area contributed by atoms with Crippen molar-refractivity contribution in [2.45, 2.75) is 38.3 Å². The maximum atomic E-state index is 11.9. The van der Waals surface area contributed by atoms with E-state index in [0.717, 1.165) is 18.4 Å². The Bertz CT molecular complexity index is 541. The lowest BCUT2D eigenvalue weighted by atomic mass is 9.96. The number of amides is 1. The normalized spacial score (nSPS) is 18.6. The summed E-state index contributed by atoms with van der Waals surface area (Å²) in [5, 5.41) is 0. The number of hydrogen-bond acceptors (Lipinski definition) is 4. The van der Waals surface area contributed by atoms with Gasteiger partial charge in [-0.15, -0.1) is 0 Å². The van der Waals surface area contributed by atoms with Crippen LogP contribution in [-0.4, -0.2) is 30.1 Å². The Morgan fingerprint density at radius 2 is 2.05 bits per heavy atom. The first-order valence-corrected chi connectivity index (χ1v) is 7.37. The number of esters is 1. The molecule has 0 radical (unpaired) electrons. The Hall–Kier alpha value is -2.30. The number of rotatable bonds is 4. The molecule has 118 valence electrons. The molecule has 0 aliphatic carbocycles. The van der Waals surface area contributed by atoms with Gasteiger partial charge in [-0.2, -0.15) is 0 Å². The molecule has 5 nitrogen and oxygen atoms in total. The van der Waals surface area contributed by atoms with Crippen molar-refractivity contribution >= 4 is 12.1 Å². The standard InChI is InChI=1S/C17H21NO4/c1-13(19)22-16(14-8-4-3-5-9-14)12-15-10-6-7-11-18(15)17(20)21-2/h3-5,7-9,11,15-16H,6,10,12H2,1-2H3/t15-,16-/m0/s1. The Labute approximate surface area is 130 Å². The van der Waals surface area contributed by atoms with E-state index in [2.05, 4.69) is 0 Å². The molecule has 2 rings (SSSR count). The van der Waals surface area contributed by atoms with Gasteiger partial charge in [0.1, 0.15) is 6.10 Å². The predicted octanol–water partition coefficient (Wildman–Crippen LogP) is 3.43. The number of hydrogen-bond donors (Lipinski definition) is 0. The maximum absolute atomic E-state index is 11.9. The zero-order valence-electron chi connectivity index (χ0n) is 12.9. The first-order chi connectivity index (χ1) is 10.6. The lowest BCUT2D eigenvalue weighted by Crippen LogP contribution is -2.39. The number of benzene rings is 1. The largest absolute Gasteiger partial charge is 0.458 e. The second-order valence-corrected chi connectivity index (χ2v) is 5.24. The predicted molar refractivity (Wildman–Crippen MR) is 82.0 cm³/mol. The van der Waals surface area contributed by atoms with Crippen molar-refractivity contribution in [3.05, 3.63) is 48.2 Å². The van der Waals surface area contributed by atoms with Crippen molar-refractivity contribution in [2.24, 2.45) is 0 Å². The number of nitrogens with zero attached hydrogens (tertiary/aromatic N) is 1. The van der Waals surface area contributed by atoms with Crippen molar-refractivity contribution in [3.8, 4) is 0 Å². The molecular weight excluding hydrogens is 282 g/mol. The summed E-state index contributed by atoms with van der Waals surface area (Å²) in [7, 11) is 1.36. The summed E-state index contributed by atoms with van der Waals surface area (Å²) < 4.78 is 10.3. The molecule has 0 saturated heterocycles. The molecule has 1 aromatic rings. The van der Waals surface area contributed by atoms with Crippen LogP contribution >= 0.6 is 0 Å². The van der Waals surface area contributed by atoms with Crippen LogP contribution in [0.2, 0.25) is 0 Å². The second-order valence-electron chi connectivity index (χ2n) is 5.24. The molecule has 22 heavy (non-hydrogen) atoms. The number of carbonyl (C=O) groups is 2. The Morgan fingerprint density at radius 1 is 1.32 bits per heavy atom. The quantitative estimate of drug-likeness (QED) is 0.800. The van der Waals surface area contributed by atoms with Gasteiger partial charge >= 0.3 is 12.1 Å². The summed E-state index contributed by atoms with van der Waals surface area (Å²) in [6.07, 6.45) is 5.17. The van der Waals surface area contributed by atoms with Gasteiger partial charge in [-0.25, -0.2) is 4.79 Å². The molecule has 1 heterocycles. The van der Waals surface area contributed by atoms with Gasteiger partial charge in [0.2, 0.25) is 0 Å². The topological polar surface area (TPSA) is 55.8 Å². The molecule has 0 bridgehead atoms. The Kier molecular flexibility index (Phi) is 5.58. The molecule has 2 atom stereocenters. The van der Waals surface area contributed by atoms with Crippen molar-refractivity contribution in [3.63, 3.8) is 0 Å². The minimum atomic E-state index is -0.393. The molecule has 0 fully saturated rings. The third-order valence-electron chi connectivity index (χ3n) is 3.68. The van der Waals surface area contributed by atoms with Gasteiger partial charge in [0.15, 0.2) is 0 Å². The Balaban J connectivity index is 2.16. The van der Waals surface area contributed by atoms with Crippen molar-refractivity contribution in [2.75, 3.05) is 7.11 Å². The summed E-state index contributed by atoms with van der Waals surface area (Å²) in [6, 6.07) is 9.53. The van der Waals surface area contributed by atoms with E-state index in [4.69, 9.17) is 9.47 Å². The highest BCUT2D eigenvalue weighted by atomic mass is 16.5. The van der Waals surface area contributed by atoms with E-state index in [0.29, 0.717) is 6.42 Å². The molecular formula is C17H21NO4. The minimum Gasteiger partial charge on any atom is -0.458 e. The Morgan fingerprint density at radius 3 is 2.68 bits per heavy atom. The SMILES string of the molecule is COC(=O)N1C=CCC[C@H]1C[C@H](OC(C)=O)c1ccccc1. The summed E-state index contributed by atoms with van der Waals surface area (Å²) in [4.78, 5) is 24.8. The zero-order chi connectivity index (χ0) is 15.9. The average molecular weight is 303 g/mol. The van der Waals surface area contributed by atoms with Gasteiger partial charge in [-0.1, -0.05) is 36.4 Å². The van der Waals surface area contributed by atoms with E-state index in [1.165, 1.54) is 14.0 Å². The van der Waals surface area contributed by atoms with Gasteiger partial charge < -0.3 is 9.47 Å². The fourth-order valence-electron chi connectivity index (χ4n) is 2.65. The smallest absolute Gasteiger partial charge is 0.413 e. The zero-order valence-corrected chi connectivity index (χ0v) is 12.9. The third kappa shape index (κ3) is 4.10. The molecule has 0 N–H and O–H groups in total. The van der Waals surface area contributed by atoms with Gasteiger partial charge in [0.05, 0.1) is 7.11 Å². The van der Waals surface area contributed by atoms with E-state index < -0.39 is 6.09 Å². The number of ether oxygens (including phenoxy) is 2. The minimum absolute atomic E-state index is 0.0537. The summed E-state index contributed by atoms with van der Waals surface area (Å²) in [6.45, 7) is 1.40. The van der Waals surface area contributed by atoms with E-state index >= 15 is 0 Å². The number of allylic oxidation sites excluding steroid dienone is 1. The molecule has 1 aliphatic heterocycles. The highest BCUT2D eigenvalue weighted by Crippen LogP contribution is 2.29. The third-order valence-corrected chi connectivity index (χ3v) is 3.68. The fraction of sp³-hybridized carbons (Fsp3) is 0.412. The van der Waals surface area contributed by atoms with Crippen LogP contribution in [0.1, 0.15) is 37.9 Å². The van der Waals surface area contributed by atoms with E-state index in [-0.39, 0.29) is 18.1 Å². The lowest BCUT2D eigenvalue weighted by Gasteiger charge is -2.32. The monoisotopic (exact) mass is 303 g/mol. The van der Waals surface area contributed by atoms with Gasteiger partial charge in [0, 0.05) is 25.6 Å². The molecule has 5 heteroatoms. The average Bonchev–Trinajstić information content (AvgIpc) is 2.54. The van der Waals surface area contributed by atoms with Crippen molar-refractivity contribution < 1.29 is 19.1 Å². The van der Waals surface area contributed by atoms with Crippen LogP contribution in [-0.2, 0) is 14.3 Å². The van der Waals surface area contributed by atoms with Gasteiger partial charge in [0.25, 0.3) is 0 Å². The van der Waals surface area contributed by atoms with Crippen molar-refractivity contribution in [1.29, 1.82) is 0 Å². The fourth-order valence-corrected chi connectivity index (χ4v) is 2.65. The lowest BCUT2D eigenvalue weighted by molar-refractivity contribution is -0.147. The molecule has 0 spiro atoms. The highest BCUT2D eigenvalue weighted by molar-refractivity contribution is 5.69. The van der Waals surface area contributed by atoms with Crippen LogP contribution < -0.4 is 0 Å². The van der Waals surface area contributed by atoms with Crippen LogP contribution in [0.3, 0.4) is 0 Å². The van der Waals surface area contributed by atoms with Crippen LogP contribution in [0.25, 0.3) is 0 Å². The molecule has 0 unspecified atom stereocenters. The molecule has 0 aromatic heterocycles. The van der Waals surface area contributed by atoms with Crippen LogP contribution in [0.15, 0.2) is 42.6 Å². The number of methoxy groups -OCH3 is 1. The summed E-state index contributed by atoms with van der Waals surface area (Å²) >= 11 is 0. The van der Waals surface area contributed by atoms with E-state index in [1.54, 1.807) is 11.1 Å². The van der Waals surface area contributed by atoms with Crippen molar-refractivity contribution in [1.82, 2.24) is 4.90 Å². The van der Waals surface area contributed by atoms with Gasteiger partial charge in [-0.3, -0.25) is 9.69 Å².